The Hall–Kier alpha value is -3.96. The molecule has 3 fully saturated rings. The molecule has 10 nitrogen and oxygen atoms in total. The molecule has 250 valence electrons. The highest BCUT2D eigenvalue weighted by Gasteiger charge is 2.49. The molecule has 3 aliphatic rings. The molecule has 5 heterocycles. The lowest BCUT2D eigenvalue weighted by atomic mass is 9.95. The number of thiazole rings is 1. The van der Waals surface area contributed by atoms with E-state index in [1.54, 1.807) is 4.90 Å². The van der Waals surface area contributed by atoms with E-state index < -0.39 is 46.2 Å². The number of alkyl halides is 4. The van der Waals surface area contributed by atoms with E-state index in [4.69, 9.17) is 16.2 Å². The molecule has 0 unspecified atom stereocenters. The van der Waals surface area contributed by atoms with Crippen LogP contribution in [0.1, 0.15) is 24.8 Å². The second-order valence-electron chi connectivity index (χ2n) is 12.1. The minimum Gasteiger partial charge on any atom is -0.461 e. The van der Waals surface area contributed by atoms with Crippen molar-refractivity contribution in [1.29, 1.82) is 0 Å². The summed E-state index contributed by atoms with van der Waals surface area (Å²) in [7, 11) is 0. The molecule has 0 saturated carbocycles. The van der Waals surface area contributed by atoms with Crippen LogP contribution in [0, 0.1) is 11.6 Å². The molecule has 7 rings (SSSR count). The summed E-state index contributed by atoms with van der Waals surface area (Å²) in [6, 6.07) is 2.46. The monoisotopic (exact) mass is 680 g/mol. The van der Waals surface area contributed by atoms with Crippen LogP contribution in [-0.4, -0.2) is 94.8 Å². The number of nitrogen functional groups attached to an aromatic ring is 1. The fraction of sp³-hybridized carbons (Fsp3) is 0.467. The maximum atomic E-state index is 16.8. The van der Waals surface area contributed by atoms with Gasteiger partial charge in [-0.15, -0.1) is 0 Å². The van der Waals surface area contributed by atoms with Gasteiger partial charge < -0.3 is 26.0 Å². The third-order valence-corrected chi connectivity index (χ3v) is 10.2. The van der Waals surface area contributed by atoms with Crippen molar-refractivity contribution in [1.82, 2.24) is 24.8 Å². The SMILES string of the molecule is NCC(=O)N1CCN(c2nc(OC[C@]34CCCN3C[C@H](F)C4)nc3c(F)c(-c4ccc(F)c5sc(N)nc45)c(C(F)(F)F)cc23)CC1. The molecule has 2 aromatic heterocycles. The Balaban J connectivity index is 1.39. The summed E-state index contributed by atoms with van der Waals surface area (Å²) < 4.78 is 96.0. The smallest absolute Gasteiger partial charge is 0.417 e. The van der Waals surface area contributed by atoms with Gasteiger partial charge in [-0.3, -0.25) is 9.69 Å². The molecule has 3 aliphatic heterocycles. The molecule has 4 N–H and O–H groups in total. The van der Waals surface area contributed by atoms with Crippen molar-refractivity contribution in [3.8, 4) is 17.1 Å². The Morgan fingerprint density at radius 3 is 2.57 bits per heavy atom. The highest BCUT2D eigenvalue weighted by molar-refractivity contribution is 7.22. The van der Waals surface area contributed by atoms with Crippen LogP contribution < -0.4 is 21.1 Å². The maximum Gasteiger partial charge on any atom is 0.417 e. The number of hydrogen-bond acceptors (Lipinski definition) is 10. The standard InChI is InChI=1S/C30H30F6N8O2S/c31-15-11-29(4-1-5-44(29)13-15)14-46-28-40-23-17(26(41-28)43-8-6-42(7-9-43)20(45)12-37)10-18(30(34,35)36)21(22(23)33)16-2-3-19(32)25-24(16)39-27(38)47-25/h2-3,10,15H,1,4-9,11-14,37H2,(H2,38,39)/t15-,29-/m1/s1. The van der Waals surface area contributed by atoms with Crippen LogP contribution in [0.15, 0.2) is 18.2 Å². The Bertz CT molecular complexity index is 1880. The summed E-state index contributed by atoms with van der Waals surface area (Å²) in [5.74, 6) is -2.39. The van der Waals surface area contributed by atoms with E-state index in [-0.39, 0.29) is 96.3 Å². The van der Waals surface area contributed by atoms with Gasteiger partial charge in [0, 0.05) is 55.7 Å². The average Bonchev–Trinajstić information content (AvgIpc) is 3.71. The zero-order chi connectivity index (χ0) is 33.2. The van der Waals surface area contributed by atoms with Crippen molar-refractivity contribution in [2.24, 2.45) is 5.73 Å². The summed E-state index contributed by atoms with van der Waals surface area (Å²) in [5, 5.41) is -0.331. The number of amides is 1. The lowest BCUT2D eigenvalue weighted by molar-refractivity contribution is -0.137. The summed E-state index contributed by atoms with van der Waals surface area (Å²) in [6.45, 7) is 1.52. The molecule has 3 saturated heterocycles. The zero-order valence-electron chi connectivity index (χ0n) is 24.9. The molecule has 4 aromatic rings. The topological polar surface area (TPSA) is 127 Å². The van der Waals surface area contributed by atoms with Gasteiger partial charge in [0.15, 0.2) is 10.9 Å². The number of carbonyl (C=O) groups excluding carboxylic acids is 1. The van der Waals surface area contributed by atoms with Crippen molar-refractivity contribution in [2.75, 3.05) is 63.1 Å². The number of ether oxygens (including phenoxy) is 1. The fourth-order valence-electron chi connectivity index (χ4n) is 7.12. The second-order valence-corrected chi connectivity index (χ2v) is 13.1. The van der Waals surface area contributed by atoms with Gasteiger partial charge in [-0.25, -0.2) is 18.2 Å². The van der Waals surface area contributed by atoms with Crippen molar-refractivity contribution < 1.29 is 35.9 Å². The molecular formula is C30H30F6N8O2S. The van der Waals surface area contributed by atoms with E-state index in [1.807, 2.05) is 4.90 Å². The van der Waals surface area contributed by atoms with Gasteiger partial charge in [-0.1, -0.05) is 11.3 Å². The third kappa shape index (κ3) is 5.47. The predicted molar refractivity (Wildman–Crippen MR) is 164 cm³/mol. The Labute approximate surface area is 268 Å². The summed E-state index contributed by atoms with van der Waals surface area (Å²) in [6.07, 6.45) is -4.32. The van der Waals surface area contributed by atoms with Crippen LogP contribution in [0.5, 0.6) is 6.01 Å². The van der Waals surface area contributed by atoms with Crippen molar-refractivity contribution in [3.63, 3.8) is 0 Å². The fourth-order valence-corrected chi connectivity index (χ4v) is 7.89. The molecule has 0 bridgehead atoms. The van der Waals surface area contributed by atoms with Crippen molar-refractivity contribution in [3.05, 3.63) is 35.4 Å². The number of hydrogen-bond donors (Lipinski definition) is 2. The minimum absolute atomic E-state index is 0.00292. The first-order chi connectivity index (χ1) is 22.4. The van der Waals surface area contributed by atoms with Gasteiger partial charge >= 0.3 is 12.2 Å². The Kier molecular flexibility index (Phi) is 7.82. The van der Waals surface area contributed by atoms with E-state index in [0.29, 0.717) is 13.0 Å². The van der Waals surface area contributed by atoms with Crippen LogP contribution >= 0.6 is 11.3 Å². The number of carbonyl (C=O) groups is 1. The molecule has 0 spiro atoms. The second kappa shape index (κ2) is 11.6. The Morgan fingerprint density at radius 2 is 1.85 bits per heavy atom. The minimum atomic E-state index is -5.05. The molecule has 47 heavy (non-hydrogen) atoms. The van der Waals surface area contributed by atoms with Gasteiger partial charge in [0.2, 0.25) is 5.91 Å². The number of nitrogens with zero attached hydrogens (tertiary/aromatic N) is 6. The van der Waals surface area contributed by atoms with Crippen molar-refractivity contribution in [2.45, 2.75) is 37.1 Å². The number of benzene rings is 2. The number of aromatic nitrogens is 3. The molecule has 2 aromatic carbocycles. The summed E-state index contributed by atoms with van der Waals surface area (Å²) >= 11 is 0.733. The number of piperazine rings is 1. The first-order valence-electron chi connectivity index (χ1n) is 15.1. The number of halogens is 6. The summed E-state index contributed by atoms with van der Waals surface area (Å²) in [4.78, 5) is 30.1. The summed E-state index contributed by atoms with van der Waals surface area (Å²) in [5.41, 5.74) is 7.50. The predicted octanol–water partition coefficient (Wildman–Crippen LogP) is 4.35. The normalized spacial score (nSPS) is 22.1. The number of nitrogens with two attached hydrogens (primary N) is 2. The number of rotatable bonds is 6. The van der Waals surface area contributed by atoms with E-state index in [0.717, 1.165) is 36.0 Å². The molecule has 0 radical (unpaired) electrons. The number of fused-ring (bicyclic) bond motifs is 3. The van der Waals surface area contributed by atoms with Crippen molar-refractivity contribution >= 4 is 49.3 Å². The van der Waals surface area contributed by atoms with Gasteiger partial charge in [-0.05, 0) is 37.6 Å². The van der Waals surface area contributed by atoms with Crippen LogP contribution in [0.4, 0.5) is 37.3 Å². The zero-order valence-corrected chi connectivity index (χ0v) is 25.7. The molecular weight excluding hydrogens is 650 g/mol. The highest BCUT2D eigenvalue weighted by Crippen LogP contribution is 2.46. The van der Waals surface area contributed by atoms with E-state index >= 15 is 4.39 Å². The highest BCUT2D eigenvalue weighted by atomic mass is 32.1. The molecule has 2 atom stereocenters. The maximum absolute atomic E-state index is 16.8. The largest absolute Gasteiger partial charge is 0.461 e. The Morgan fingerprint density at radius 1 is 1.09 bits per heavy atom. The third-order valence-electron chi connectivity index (χ3n) is 9.31. The molecule has 1 amide bonds. The lowest BCUT2D eigenvalue weighted by Gasteiger charge is -2.36. The molecule has 17 heteroatoms. The first kappa shape index (κ1) is 31.6. The van der Waals surface area contributed by atoms with E-state index in [9.17, 15) is 26.7 Å². The van der Waals surface area contributed by atoms with E-state index in [2.05, 4.69) is 15.0 Å². The number of anilines is 2. The van der Waals surface area contributed by atoms with Gasteiger partial charge in [0.25, 0.3) is 0 Å². The quantitative estimate of drug-likeness (QED) is 0.286. The van der Waals surface area contributed by atoms with Crippen LogP contribution in [-0.2, 0) is 11.0 Å². The average molecular weight is 681 g/mol. The van der Waals surface area contributed by atoms with Gasteiger partial charge in [-0.2, -0.15) is 23.1 Å². The van der Waals surface area contributed by atoms with Crippen LogP contribution in [0.3, 0.4) is 0 Å². The van der Waals surface area contributed by atoms with E-state index in [1.165, 1.54) is 4.90 Å². The lowest BCUT2D eigenvalue weighted by Crippen LogP contribution is -2.50. The van der Waals surface area contributed by atoms with Crippen LogP contribution in [0.25, 0.3) is 32.2 Å². The van der Waals surface area contributed by atoms with Gasteiger partial charge in [0.1, 0.15) is 29.9 Å². The first-order valence-corrected chi connectivity index (χ1v) is 15.9. The van der Waals surface area contributed by atoms with Crippen LogP contribution in [0.2, 0.25) is 0 Å². The van der Waals surface area contributed by atoms with Gasteiger partial charge in [0.05, 0.1) is 27.9 Å². The molecule has 0 aliphatic carbocycles.